The first-order valence-electron chi connectivity index (χ1n) is 9.27. The van der Waals surface area contributed by atoms with Crippen LogP contribution >= 0.6 is 11.3 Å². The second kappa shape index (κ2) is 9.29. The predicted octanol–water partition coefficient (Wildman–Crippen LogP) is 4.35. The van der Waals surface area contributed by atoms with E-state index in [1.54, 1.807) is 5.38 Å². The summed E-state index contributed by atoms with van der Waals surface area (Å²) in [6.07, 6.45) is -2.64. The Bertz CT molecular complexity index is 1060. The van der Waals surface area contributed by atoms with Crippen LogP contribution in [-0.4, -0.2) is 26.6 Å². The van der Waals surface area contributed by atoms with E-state index in [1.165, 1.54) is 23.2 Å². The number of aryl methyl sites for hydroxylation is 1. The maximum absolute atomic E-state index is 12.6. The minimum absolute atomic E-state index is 0.177. The smallest absolute Gasteiger partial charge is 0.435 e. The van der Waals surface area contributed by atoms with Gasteiger partial charge in [0.25, 0.3) is 0 Å². The van der Waals surface area contributed by atoms with E-state index >= 15 is 0 Å². The highest BCUT2D eigenvalue weighted by Gasteiger charge is 2.33. The number of esters is 1. The van der Waals surface area contributed by atoms with E-state index < -0.39 is 24.4 Å². The van der Waals surface area contributed by atoms with Gasteiger partial charge in [-0.25, -0.2) is 4.98 Å². The number of carbonyl (C=O) groups excluding carboxylic acids is 2. The standard InChI is InChI=1S/C20H19F3N4O3S/c1-3-14-4-6-16(7-5-14)27(13(2)28)19-24-15(12-31-19)11-30-18(29)10-26-9-8-17(25-26)20(21,22)23/h4-9,12H,3,10-11H2,1-2H3. The van der Waals surface area contributed by atoms with E-state index in [9.17, 15) is 22.8 Å². The van der Waals surface area contributed by atoms with Crippen LogP contribution in [-0.2, 0) is 40.1 Å². The summed E-state index contributed by atoms with van der Waals surface area (Å²) in [5, 5.41) is 5.37. The lowest BCUT2D eigenvalue weighted by molar-refractivity contribution is -0.147. The first-order valence-corrected chi connectivity index (χ1v) is 10.2. The summed E-state index contributed by atoms with van der Waals surface area (Å²) in [5.74, 6) is -0.980. The van der Waals surface area contributed by atoms with Crippen molar-refractivity contribution in [1.29, 1.82) is 0 Å². The molecule has 2 heterocycles. The summed E-state index contributed by atoms with van der Waals surface area (Å²) < 4.78 is 43.6. The topological polar surface area (TPSA) is 77.3 Å². The van der Waals surface area contributed by atoms with Crippen molar-refractivity contribution >= 4 is 34.0 Å². The highest BCUT2D eigenvalue weighted by atomic mass is 32.1. The molecular weight excluding hydrogens is 433 g/mol. The molecular formula is C20H19F3N4O3S. The van der Waals surface area contributed by atoms with E-state index in [1.807, 2.05) is 31.2 Å². The van der Waals surface area contributed by atoms with Crippen LogP contribution in [0.4, 0.5) is 24.0 Å². The van der Waals surface area contributed by atoms with Crippen molar-refractivity contribution < 1.29 is 27.5 Å². The molecule has 0 N–H and O–H groups in total. The number of hydrogen-bond acceptors (Lipinski definition) is 6. The van der Waals surface area contributed by atoms with Crippen LogP contribution in [0.2, 0.25) is 0 Å². The minimum atomic E-state index is -4.58. The van der Waals surface area contributed by atoms with Crippen LogP contribution in [0.5, 0.6) is 0 Å². The van der Waals surface area contributed by atoms with Gasteiger partial charge in [-0.2, -0.15) is 18.3 Å². The average molecular weight is 452 g/mol. The molecule has 3 aromatic rings. The van der Waals surface area contributed by atoms with Crippen molar-refractivity contribution in [3.05, 3.63) is 58.9 Å². The Hall–Kier alpha value is -3.21. The van der Waals surface area contributed by atoms with Crippen LogP contribution in [0, 0.1) is 0 Å². The van der Waals surface area contributed by atoms with Crippen molar-refractivity contribution in [2.24, 2.45) is 0 Å². The molecule has 0 aliphatic rings. The Morgan fingerprint density at radius 2 is 1.90 bits per heavy atom. The molecule has 2 aromatic heterocycles. The van der Waals surface area contributed by atoms with Crippen molar-refractivity contribution in [1.82, 2.24) is 14.8 Å². The molecule has 0 aliphatic heterocycles. The maximum atomic E-state index is 12.6. The highest BCUT2D eigenvalue weighted by molar-refractivity contribution is 7.14. The Kier molecular flexibility index (Phi) is 6.74. The van der Waals surface area contributed by atoms with E-state index in [4.69, 9.17) is 4.74 Å². The maximum Gasteiger partial charge on any atom is 0.435 e. The summed E-state index contributed by atoms with van der Waals surface area (Å²) in [6, 6.07) is 8.31. The van der Waals surface area contributed by atoms with Crippen molar-refractivity contribution in [2.45, 2.75) is 39.6 Å². The Labute approximate surface area is 180 Å². The first kappa shape index (κ1) is 22.5. The average Bonchev–Trinajstić information content (AvgIpc) is 3.36. The number of halogens is 3. The van der Waals surface area contributed by atoms with Crippen molar-refractivity contribution in [3.8, 4) is 0 Å². The minimum Gasteiger partial charge on any atom is -0.458 e. The highest BCUT2D eigenvalue weighted by Crippen LogP contribution is 2.30. The molecule has 0 aliphatic carbocycles. The van der Waals surface area contributed by atoms with Crippen LogP contribution < -0.4 is 4.90 Å². The predicted molar refractivity (Wildman–Crippen MR) is 108 cm³/mol. The lowest BCUT2D eigenvalue weighted by Crippen LogP contribution is -2.22. The summed E-state index contributed by atoms with van der Waals surface area (Å²) in [5.41, 5.74) is 1.14. The number of ether oxygens (including phenoxy) is 1. The van der Waals surface area contributed by atoms with Gasteiger partial charge < -0.3 is 4.74 Å². The van der Waals surface area contributed by atoms with Gasteiger partial charge in [0.1, 0.15) is 13.2 Å². The fraction of sp³-hybridized carbons (Fsp3) is 0.300. The molecule has 1 aromatic carbocycles. The van der Waals surface area contributed by atoms with E-state index in [-0.39, 0.29) is 12.5 Å². The van der Waals surface area contributed by atoms with Crippen LogP contribution in [0.3, 0.4) is 0 Å². The summed E-state index contributed by atoms with van der Waals surface area (Å²) in [6.45, 7) is 2.82. The molecule has 0 radical (unpaired) electrons. The van der Waals surface area contributed by atoms with E-state index in [0.29, 0.717) is 16.5 Å². The lowest BCUT2D eigenvalue weighted by Gasteiger charge is -2.18. The molecule has 0 atom stereocenters. The number of carbonyl (C=O) groups is 2. The number of alkyl halides is 3. The van der Waals surface area contributed by atoms with Gasteiger partial charge in [-0.05, 0) is 30.2 Å². The molecule has 0 saturated carbocycles. The molecule has 0 saturated heterocycles. The molecule has 31 heavy (non-hydrogen) atoms. The van der Waals surface area contributed by atoms with Crippen molar-refractivity contribution in [3.63, 3.8) is 0 Å². The Morgan fingerprint density at radius 3 is 2.48 bits per heavy atom. The zero-order valence-corrected chi connectivity index (χ0v) is 17.5. The first-order chi connectivity index (χ1) is 14.7. The Balaban J connectivity index is 1.62. The van der Waals surface area contributed by atoms with Gasteiger partial charge in [0.2, 0.25) is 5.91 Å². The van der Waals surface area contributed by atoms with Gasteiger partial charge in [0, 0.05) is 18.5 Å². The number of amides is 1. The summed E-state index contributed by atoms with van der Waals surface area (Å²) in [4.78, 5) is 29.9. The number of anilines is 2. The monoisotopic (exact) mass is 452 g/mol. The zero-order chi connectivity index (χ0) is 22.6. The van der Waals surface area contributed by atoms with Gasteiger partial charge >= 0.3 is 12.1 Å². The molecule has 0 fully saturated rings. The lowest BCUT2D eigenvalue weighted by atomic mass is 10.1. The molecule has 0 bridgehead atoms. The van der Waals surface area contributed by atoms with Crippen molar-refractivity contribution in [2.75, 3.05) is 4.90 Å². The third-order valence-electron chi connectivity index (χ3n) is 4.25. The van der Waals surface area contributed by atoms with Crippen LogP contribution in [0.15, 0.2) is 41.9 Å². The summed E-state index contributed by atoms with van der Waals surface area (Å²) >= 11 is 1.21. The number of aromatic nitrogens is 3. The molecule has 11 heteroatoms. The number of nitrogens with zero attached hydrogens (tertiary/aromatic N) is 4. The number of benzene rings is 1. The van der Waals surface area contributed by atoms with Gasteiger partial charge in [-0.3, -0.25) is 19.2 Å². The third kappa shape index (κ3) is 5.69. The quantitative estimate of drug-likeness (QED) is 0.498. The number of hydrogen-bond donors (Lipinski definition) is 0. The zero-order valence-electron chi connectivity index (χ0n) is 16.7. The molecule has 7 nitrogen and oxygen atoms in total. The summed E-state index contributed by atoms with van der Waals surface area (Å²) in [7, 11) is 0. The molecule has 0 spiro atoms. The van der Waals surface area contributed by atoms with Gasteiger partial charge in [-0.1, -0.05) is 19.1 Å². The molecule has 1 amide bonds. The van der Waals surface area contributed by atoms with E-state index in [0.717, 1.165) is 28.9 Å². The number of rotatable bonds is 7. The third-order valence-corrected chi connectivity index (χ3v) is 5.13. The van der Waals surface area contributed by atoms with Gasteiger partial charge in [-0.15, -0.1) is 11.3 Å². The van der Waals surface area contributed by atoms with E-state index in [2.05, 4.69) is 10.1 Å². The second-order valence-electron chi connectivity index (χ2n) is 6.55. The van der Waals surface area contributed by atoms with Crippen LogP contribution in [0.1, 0.15) is 30.8 Å². The van der Waals surface area contributed by atoms with Gasteiger partial charge in [0.05, 0.1) is 11.4 Å². The number of thiazole rings is 1. The van der Waals surface area contributed by atoms with Gasteiger partial charge in [0.15, 0.2) is 10.8 Å². The fourth-order valence-corrected chi connectivity index (χ4v) is 3.58. The van der Waals surface area contributed by atoms with Crippen LogP contribution in [0.25, 0.3) is 0 Å². The molecule has 164 valence electrons. The molecule has 3 rings (SSSR count). The second-order valence-corrected chi connectivity index (χ2v) is 7.39. The normalized spacial score (nSPS) is 11.4. The Morgan fingerprint density at radius 1 is 1.19 bits per heavy atom. The fourth-order valence-electron chi connectivity index (χ4n) is 2.71. The largest absolute Gasteiger partial charge is 0.458 e. The molecule has 0 unspecified atom stereocenters. The SMILES string of the molecule is CCc1ccc(N(C(C)=O)c2nc(COC(=O)Cn3ccc(C(F)(F)F)n3)cs2)cc1.